The van der Waals surface area contributed by atoms with E-state index in [0.29, 0.717) is 6.42 Å². The molecule has 1 unspecified atom stereocenters. The first-order valence-electron chi connectivity index (χ1n) is 8.55. The van der Waals surface area contributed by atoms with Gasteiger partial charge in [0.1, 0.15) is 0 Å². The molecule has 0 bridgehead atoms. The van der Waals surface area contributed by atoms with Gasteiger partial charge in [-0.1, -0.05) is 58.3 Å². The molecule has 0 saturated heterocycles. The van der Waals surface area contributed by atoms with Crippen LogP contribution in [0.25, 0.3) is 0 Å². The number of carbonyl (C=O) groups excluding carboxylic acids is 1. The first kappa shape index (κ1) is 27.7. The first-order valence-corrected chi connectivity index (χ1v) is 9.99. The molecular formula is C16H29NaO8S. The van der Waals surface area contributed by atoms with Crippen molar-refractivity contribution < 1.29 is 68.6 Å². The van der Waals surface area contributed by atoms with Crippen LogP contribution in [-0.2, 0) is 24.5 Å². The van der Waals surface area contributed by atoms with Crippen molar-refractivity contribution in [3.63, 3.8) is 0 Å². The molecule has 0 aliphatic heterocycles. The van der Waals surface area contributed by atoms with Gasteiger partial charge in [0.2, 0.25) is 0 Å². The topological polar surface area (TPSA) is 146 Å². The summed E-state index contributed by atoms with van der Waals surface area (Å²) in [6.45, 7) is 2.13. The van der Waals surface area contributed by atoms with E-state index in [1.54, 1.807) is 0 Å². The zero-order chi connectivity index (χ0) is 19.5. The van der Waals surface area contributed by atoms with Crippen LogP contribution in [0.3, 0.4) is 0 Å². The predicted molar refractivity (Wildman–Crippen MR) is 92.1 cm³/mol. The van der Waals surface area contributed by atoms with Gasteiger partial charge in [0.15, 0.2) is 5.78 Å². The zero-order valence-electron chi connectivity index (χ0n) is 16.6. The third-order valence-corrected chi connectivity index (χ3v) is 5.57. The summed E-state index contributed by atoms with van der Waals surface area (Å²) in [5.74, 6) is -5.26. The minimum absolute atomic E-state index is 0. The number of hydrogen-bond acceptors (Lipinski definition) is 5. The van der Waals surface area contributed by atoms with Crippen molar-refractivity contribution >= 4 is 27.8 Å². The van der Waals surface area contributed by atoms with Crippen LogP contribution in [0, 0.1) is 0 Å². The third kappa shape index (κ3) is 8.94. The quantitative estimate of drug-likeness (QED) is 0.147. The van der Waals surface area contributed by atoms with Gasteiger partial charge in [0, 0.05) is 6.42 Å². The molecule has 0 aromatic rings. The molecular weight excluding hydrogens is 375 g/mol. The fourth-order valence-corrected chi connectivity index (χ4v) is 3.57. The average molecular weight is 404 g/mol. The number of carboxylic acid groups (broad SMARTS) is 2. The van der Waals surface area contributed by atoms with Gasteiger partial charge in [0.25, 0.3) is 14.9 Å². The van der Waals surface area contributed by atoms with Crippen molar-refractivity contribution in [2.75, 3.05) is 0 Å². The molecule has 0 rings (SSSR count). The summed E-state index contributed by atoms with van der Waals surface area (Å²) in [5.41, 5.74) is 0. The largest absolute Gasteiger partial charge is 1.00 e. The van der Waals surface area contributed by atoms with E-state index in [1.807, 2.05) is 0 Å². The predicted octanol–water partition coefficient (Wildman–Crippen LogP) is -0.221. The van der Waals surface area contributed by atoms with Crippen molar-refractivity contribution in [3.05, 3.63) is 0 Å². The minimum Gasteiger partial charge on any atom is -1.00 e. The summed E-state index contributed by atoms with van der Waals surface area (Å²) >= 11 is 0. The van der Waals surface area contributed by atoms with Crippen LogP contribution in [-0.4, -0.2) is 45.7 Å². The number of rotatable bonds is 15. The van der Waals surface area contributed by atoms with Crippen LogP contribution < -0.4 is 29.6 Å². The van der Waals surface area contributed by atoms with Crippen molar-refractivity contribution in [1.82, 2.24) is 0 Å². The van der Waals surface area contributed by atoms with E-state index in [4.69, 9.17) is 14.8 Å². The third-order valence-electron chi connectivity index (χ3n) is 4.14. The van der Waals surface area contributed by atoms with Gasteiger partial charge in [-0.25, -0.2) is 4.79 Å². The fourth-order valence-electron chi connectivity index (χ4n) is 2.65. The van der Waals surface area contributed by atoms with Gasteiger partial charge >= 0.3 is 41.5 Å². The van der Waals surface area contributed by atoms with Crippen LogP contribution in [0.15, 0.2) is 0 Å². The zero-order valence-corrected chi connectivity index (χ0v) is 18.4. The summed E-state index contributed by atoms with van der Waals surface area (Å²) < 4.78 is 28.7. The summed E-state index contributed by atoms with van der Waals surface area (Å²) in [7, 11) is -5.41. The van der Waals surface area contributed by atoms with Crippen LogP contribution in [0.1, 0.15) is 79.0 Å². The Labute approximate surface area is 178 Å². The number of Topliss-reactive ketones (excluding diaryl/α,β-unsaturated/α-hetero) is 1. The molecule has 0 aliphatic rings. The van der Waals surface area contributed by atoms with E-state index in [2.05, 4.69) is 6.92 Å². The van der Waals surface area contributed by atoms with Crippen molar-refractivity contribution in [3.8, 4) is 0 Å². The van der Waals surface area contributed by atoms with Crippen molar-refractivity contribution in [2.45, 2.75) is 82.3 Å². The summed E-state index contributed by atoms with van der Waals surface area (Å²) in [4.78, 5) is 34.2. The number of aliphatic carboxylic acids is 2. The molecule has 3 N–H and O–H groups in total. The number of ketones is 1. The molecule has 0 heterocycles. The molecule has 0 spiro atoms. The molecule has 0 radical (unpaired) electrons. The first-order chi connectivity index (χ1) is 11.6. The molecule has 1 atom stereocenters. The standard InChI is InChI=1S/C16H28O8S.Na.H/c1-2-3-4-5-6-7-8-9-10-11-13(17)16(15(20)21,12-14(18)19)25(22,23)24;;/h2-12H2,1H3,(H,18,19)(H,20,21)(H,22,23,24);;/q;+1;-1. The van der Waals surface area contributed by atoms with E-state index in [1.165, 1.54) is 12.8 Å². The Hall–Kier alpha value is -0.480. The Balaban J connectivity index is -0.00000288. The number of hydrogen-bond donors (Lipinski definition) is 3. The molecule has 10 heteroatoms. The summed E-state index contributed by atoms with van der Waals surface area (Å²) in [5, 5.41) is 17.8. The fraction of sp³-hybridized carbons (Fsp3) is 0.812. The average Bonchev–Trinajstić information content (AvgIpc) is 2.48. The molecule has 148 valence electrons. The van der Waals surface area contributed by atoms with E-state index in [-0.39, 0.29) is 37.4 Å². The van der Waals surface area contributed by atoms with E-state index < -0.39 is 45.4 Å². The summed E-state index contributed by atoms with van der Waals surface area (Å²) in [6.07, 6.45) is 6.48. The molecule has 0 saturated carbocycles. The van der Waals surface area contributed by atoms with E-state index in [9.17, 15) is 22.8 Å². The van der Waals surface area contributed by atoms with Crippen molar-refractivity contribution in [1.29, 1.82) is 0 Å². The molecule has 0 aromatic carbocycles. The Bertz CT molecular complexity index is 567. The Morgan fingerprint density at radius 3 is 1.65 bits per heavy atom. The van der Waals surface area contributed by atoms with Gasteiger partial charge in [-0.15, -0.1) is 0 Å². The van der Waals surface area contributed by atoms with Gasteiger partial charge in [-0.05, 0) is 6.42 Å². The summed E-state index contributed by atoms with van der Waals surface area (Å²) in [6, 6.07) is 0. The SMILES string of the molecule is CCCCCCCCCCCC(=O)C(CC(=O)O)(C(=O)O)S(=O)(=O)O.[H-].[Na+]. The van der Waals surface area contributed by atoms with Crippen LogP contribution in [0.4, 0.5) is 0 Å². The molecule has 0 amide bonds. The van der Waals surface area contributed by atoms with Crippen molar-refractivity contribution in [2.24, 2.45) is 0 Å². The van der Waals surface area contributed by atoms with Gasteiger partial charge in [0.05, 0.1) is 6.42 Å². The molecule has 26 heavy (non-hydrogen) atoms. The number of carboxylic acids is 2. The molecule has 0 fully saturated rings. The van der Waals surface area contributed by atoms with Gasteiger partial charge < -0.3 is 11.6 Å². The number of unbranched alkanes of at least 4 members (excludes halogenated alkanes) is 8. The van der Waals surface area contributed by atoms with Gasteiger partial charge in [-0.2, -0.15) is 8.42 Å². The molecule has 0 aliphatic carbocycles. The maximum absolute atomic E-state index is 12.1. The Kier molecular flexibility index (Phi) is 14.6. The molecule has 0 aromatic heterocycles. The van der Waals surface area contributed by atoms with Crippen LogP contribution >= 0.6 is 0 Å². The number of carbonyl (C=O) groups is 3. The molecule has 8 nitrogen and oxygen atoms in total. The van der Waals surface area contributed by atoms with Gasteiger partial charge in [-0.3, -0.25) is 14.1 Å². The van der Waals surface area contributed by atoms with Crippen LogP contribution in [0.2, 0.25) is 0 Å². The Morgan fingerprint density at radius 2 is 1.31 bits per heavy atom. The Morgan fingerprint density at radius 1 is 0.885 bits per heavy atom. The van der Waals surface area contributed by atoms with E-state index >= 15 is 0 Å². The smallest absolute Gasteiger partial charge is 1.00 e. The second-order valence-corrected chi connectivity index (χ2v) is 7.83. The second-order valence-electron chi connectivity index (χ2n) is 6.18. The maximum atomic E-state index is 12.1. The second kappa shape index (κ2) is 13.7. The maximum Gasteiger partial charge on any atom is 1.00 e. The van der Waals surface area contributed by atoms with Crippen LogP contribution in [0.5, 0.6) is 0 Å². The minimum atomic E-state index is -5.41. The monoisotopic (exact) mass is 404 g/mol. The normalized spacial score (nSPS) is 13.5. The van der Waals surface area contributed by atoms with E-state index in [0.717, 1.165) is 32.1 Å².